The Morgan fingerprint density at radius 2 is 1.80 bits per heavy atom. The van der Waals surface area contributed by atoms with Crippen LogP contribution in [0, 0.1) is 23.7 Å². The van der Waals surface area contributed by atoms with Crippen molar-refractivity contribution in [3.63, 3.8) is 0 Å². The maximum Gasteiger partial charge on any atom is 0.224 e. The minimum absolute atomic E-state index is 0.171. The molecule has 3 fully saturated rings. The Labute approximate surface area is 119 Å². The van der Waals surface area contributed by atoms with E-state index in [2.05, 4.69) is 5.32 Å². The van der Waals surface area contributed by atoms with Crippen LogP contribution in [-0.4, -0.2) is 11.9 Å². The van der Waals surface area contributed by atoms with E-state index < -0.39 is 0 Å². The van der Waals surface area contributed by atoms with Gasteiger partial charge in [-0.05, 0) is 54.1 Å². The van der Waals surface area contributed by atoms with Gasteiger partial charge in [0.2, 0.25) is 5.91 Å². The highest BCUT2D eigenvalue weighted by molar-refractivity contribution is 5.79. The number of fused-ring (bicyclic) bond motifs is 5. The Kier molecular flexibility index (Phi) is 2.84. The quantitative estimate of drug-likeness (QED) is 0.877. The molecule has 0 heterocycles. The molecule has 0 aromatic heterocycles. The summed E-state index contributed by atoms with van der Waals surface area (Å²) in [6.07, 6.45) is 4.69. The van der Waals surface area contributed by atoms with Crippen LogP contribution in [0.25, 0.3) is 0 Å². The highest BCUT2D eigenvalue weighted by Gasteiger charge is 2.65. The summed E-state index contributed by atoms with van der Waals surface area (Å²) in [7, 11) is 0. The lowest BCUT2D eigenvalue weighted by Gasteiger charge is -2.12. The van der Waals surface area contributed by atoms with Crippen LogP contribution in [0.2, 0.25) is 0 Å². The van der Waals surface area contributed by atoms with Crippen LogP contribution in [0.1, 0.15) is 30.4 Å². The maximum atomic E-state index is 12.2. The van der Waals surface area contributed by atoms with Gasteiger partial charge < -0.3 is 11.1 Å². The van der Waals surface area contributed by atoms with E-state index in [1.807, 2.05) is 24.3 Å². The highest BCUT2D eigenvalue weighted by atomic mass is 16.1. The predicted molar refractivity (Wildman–Crippen MR) is 77.8 cm³/mol. The van der Waals surface area contributed by atoms with Crippen molar-refractivity contribution in [1.29, 1.82) is 0 Å². The van der Waals surface area contributed by atoms with Gasteiger partial charge in [-0.3, -0.25) is 4.79 Å². The van der Waals surface area contributed by atoms with E-state index in [1.54, 1.807) is 0 Å². The SMILES string of the molecule is NCc1ccccc1CC(=O)NC1C2C3CCC(C3)C12. The van der Waals surface area contributed by atoms with Crippen molar-refractivity contribution in [2.75, 3.05) is 0 Å². The number of amides is 1. The van der Waals surface area contributed by atoms with E-state index >= 15 is 0 Å². The third-order valence-electron chi connectivity index (χ3n) is 5.75. The molecule has 3 N–H and O–H groups in total. The summed E-state index contributed by atoms with van der Waals surface area (Å²) in [6, 6.07) is 8.47. The predicted octanol–water partition coefficient (Wildman–Crippen LogP) is 1.85. The van der Waals surface area contributed by atoms with Crippen molar-refractivity contribution >= 4 is 5.91 Å². The Balaban J connectivity index is 1.38. The fraction of sp³-hybridized carbons (Fsp3) is 0.588. The van der Waals surface area contributed by atoms with Crippen LogP contribution in [0.3, 0.4) is 0 Å². The fourth-order valence-electron chi connectivity index (χ4n) is 4.86. The maximum absolute atomic E-state index is 12.2. The van der Waals surface area contributed by atoms with E-state index in [4.69, 9.17) is 5.73 Å². The average molecular weight is 270 g/mol. The number of carbonyl (C=O) groups excluding carboxylic acids is 1. The minimum atomic E-state index is 0.171. The van der Waals surface area contributed by atoms with Gasteiger partial charge in [0, 0.05) is 12.6 Å². The molecule has 3 aliphatic carbocycles. The van der Waals surface area contributed by atoms with E-state index in [0.717, 1.165) is 34.8 Å². The lowest BCUT2D eigenvalue weighted by molar-refractivity contribution is -0.120. The van der Waals surface area contributed by atoms with Gasteiger partial charge in [0.05, 0.1) is 6.42 Å². The standard InChI is InChI=1S/C17H22N2O/c18-9-13-4-2-1-3-10(13)8-14(20)19-17-15-11-5-6-12(7-11)16(15)17/h1-4,11-12,15-17H,5-9,18H2,(H,19,20). The molecule has 3 aliphatic rings. The Bertz CT molecular complexity index is 526. The fourth-order valence-corrected chi connectivity index (χ4v) is 4.86. The molecular weight excluding hydrogens is 248 g/mol. The van der Waals surface area contributed by atoms with Gasteiger partial charge in [-0.15, -0.1) is 0 Å². The number of nitrogens with one attached hydrogen (secondary N) is 1. The zero-order valence-corrected chi connectivity index (χ0v) is 11.7. The van der Waals surface area contributed by atoms with Gasteiger partial charge in [0.15, 0.2) is 0 Å². The molecule has 0 aliphatic heterocycles. The summed E-state index contributed by atoms with van der Waals surface area (Å²) in [4.78, 5) is 12.2. The molecule has 0 spiro atoms. The zero-order chi connectivity index (χ0) is 13.7. The number of rotatable bonds is 4. The number of hydrogen-bond donors (Lipinski definition) is 2. The summed E-state index contributed by atoms with van der Waals surface area (Å²) >= 11 is 0. The summed E-state index contributed by atoms with van der Waals surface area (Å²) < 4.78 is 0. The Morgan fingerprint density at radius 3 is 2.45 bits per heavy atom. The molecule has 1 aromatic rings. The molecule has 0 saturated heterocycles. The monoisotopic (exact) mass is 270 g/mol. The first-order valence-electron chi connectivity index (χ1n) is 7.84. The van der Waals surface area contributed by atoms with Crippen LogP contribution in [-0.2, 0) is 17.8 Å². The van der Waals surface area contributed by atoms with Crippen LogP contribution in [0.4, 0.5) is 0 Å². The van der Waals surface area contributed by atoms with E-state index in [-0.39, 0.29) is 5.91 Å². The molecule has 1 aromatic carbocycles. The van der Waals surface area contributed by atoms with Crippen LogP contribution >= 0.6 is 0 Å². The second kappa shape index (κ2) is 4.59. The number of benzene rings is 1. The normalized spacial score (nSPS) is 36.8. The lowest BCUT2D eigenvalue weighted by Crippen LogP contribution is -2.31. The van der Waals surface area contributed by atoms with Gasteiger partial charge in [-0.1, -0.05) is 24.3 Å². The lowest BCUT2D eigenvalue weighted by atomic mass is 10.0. The molecule has 4 rings (SSSR count). The largest absolute Gasteiger partial charge is 0.352 e. The Morgan fingerprint density at radius 1 is 1.15 bits per heavy atom. The molecule has 2 bridgehead atoms. The third-order valence-corrected chi connectivity index (χ3v) is 5.75. The van der Waals surface area contributed by atoms with Crippen LogP contribution in [0.15, 0.2) is 24.3 Å². The second-order valence-corrected chi connectivity index (χ2v) is 6.73. The summed E-state index contributed by atoms with van der Waals surface area (Å²) in [5, 5.41) is 3.28. The summed E-state index contributed by atoms with van der Waals surface area (Å²) in [6.45, 7) is 0.502. The molecular formula is C17H22N2O. The van der Waals surface area contributed by atoms with Crippen molar-refractivity contribution in [2.24, 2.45) is 29.4 Å². The number of nitrogens with two attached hydrogens (primary N) is 1. The van der Waals surface area contributed by atoms with Crippen molar-refractivity contribution in [1.82, 2.24) is 5.32 Å². The van der Waals surface area contributed by atoms with Gasteiger partial charge >= 0.3 is 0 Å². The van der Waals surface area contributed by atoms with Gasteiger partial charge in [-0.2, -0.15) is 0 Å². The topological polar surface area (TPSA) is 55.1 Å². The first-order chi connectivity index (χ1) is 9.78. The molecule has 20 heavy (non-hydrogen) atoms. The summed E-state index contributed by atoms with van der Waals surface area (Å²) in [5.74, 6) is 3.60. The third kappa shape index (κ3) is 1.87. The highest BCUT2D eigenvalue weighted by Crippen LogP contribution is 2.65. The Hall–Kier alpha value is -1.35. The molecule has 4 atom stereocenters. The molecule has 3 saturated carbocycles. The minimum Gasteiger partial charge on any atom is -0.352 e. The van der Waals surface area contributed by atoms with Crippen molar-refractivity contribution < 1.29 is 4.79 Å². The van der Waals surface area contributed by atoms with Gasteiger partial charge in [-0.25, -0.2) is 0 Å². The molecule has 3 nitrogen and oxygen atoms in total. The van der Waals surface area contributed by atoms with E-state index in [1.165, 1.54) is 19.3 Å². The number of hydrogen-bond acceptors (Lipinski definition) is 2. The van der Waals surface area contributed by atoms with Crippen molar-refractivity contribution in [3.8, 4) is 0 Å². The molecule has 106 valence electrons. The van der Waals surface area contributed by atoms with E-state index in [9.17, 15) is 4.79 Å². The average Bonchev–Trinajstić information content (AvgIpc) is 2.85. The van der Waals surface area contributed by atoms with Crippen LogP contribution in [0.5, 0.6) is 0 Å². The van der Waals surface area contributed by atoms with Crippen LogP contribution < -0.4 is 11.1 Å². The smallest absolute Gasteiger partial charge is 0.224 e. The summed E-state index contributed by atoms with van der Waals surface area (Å²) in [5.41, 5.74) is 7.88. The molecule has 4 unspecified atom stereocenters. The first-order valence-corrected chi connectivity index (χ1v) is 7.84. The second-order valence-electron chi connectivity index (χ2n) is 6.73. The van der Waals surface area contributed by atoms with Gasteiger partial charge in [0.25, 0.3) is 0 Å². The number of carbonyl (C=O) groups is 1. The molecule has 1 amide bonds. The zero-order valence-electron chi connectivity index (χ0n) is 11.7. The molecule has 0 radical (unpaired) electrons. The van der Waals surface area contributed by atoms with Gasteiger partial charge in [0.1, 0.15) is 0 Å². The van der Waals surface area contributed by atoms with Crippen molar-refractivity contribution in [3.05, 3.63) is 35.4 Å². The van der Waals surface area contributed by atoms with E-state index in [0.29, 0.717) is 19.0 Å². The molecule has 3 heteroatoms. The first kappa shape index (κ1) is 12.4. The van der Waals surface area contributed by atoms with Crippen molar-refractivity contribution in [2.45, 2.75) is 38.3 Å².